The zero-order chi connectivity index (χ0) is 12.4. The van der Waals surface area contributed by atoms with Gasteiger partial charge in [0.25, 0.3) is 5.91 Å². The predicted octanol–water partition coefficient (Wildman–Crippen LogP) is 0.617. The molecule has 0 bridgehead atoms. The number of nitrogen functional groups attached to an aromatic ring is 1. The lowest BCUT2D eigenvalue weighted by Gasteiger charge is -2.30. The van der Waals surface area contributed by atoms with E-state index in [4.69, 9.17) is 11.5 Å². The Bertz CT molecular complexity index is 410. The van der Waals surface area contributed by atoms with E-state index in [1.165, 1.54) is 11.3 Å². The topological polar surface area (TPSA) is 84.4 Å². The molecule has 0 atom stereocenters. The van der Waals surface area contributed by atoms with Crippen molar-refractivity contribution in [1.82, 2.24) is 5.32 Å². The predicted molar refractivity (Wildman–Crippen MR) is 71.5 cm³/mol. The van der Waals surface area contributed by atoms with Gasteiger partial charge >= 0.3 is 0 Å². The minimum absolute atomic E-state index is 0.118. The molecule has 17 heavy (non-hydrogen) atoms. The van der Waals surface area contributed by atoms with Gasteiger partial charge in [-0.1, -0.05) is 0 Å². The highest BCUT2D eigenvalue weighted by Crippen LogP contribution is 2.33. The molecule has 1 aromatic heterocycles. The third-order valence-corrected chi connectivity index (χ3v) is 4.24. The number of hydrogen-bond acceptors (Lipinski definition) is 5. The molecule has 2 rings (SSSR count). The van der Waals surface area contributed by atoms with Crippen LogP contribution in [0.25, 0.3) is 0 Å². The van der Waals surface area contributed by atoms with Gasteiger partial charge in [-0.15, -0.1) is 11.3 Å². The third kappa shape index (κ3) is 2.53. The summed E-state index contributed by atoms with van der Waals surface area (Å²) in [5.41, 5.74) is 12.3. The molecule has 1 fully saturated rings. The van der Waals surface area contributed by atoms with Crippen LogP contribution in [-0.2, 0) is 0 Å². The van der Waals surface area contributed by atoms with Crippen LogP contribution in [0.2, 0.25) is 0 Å². The van der Waals surface area contributed by atoms with Gasteiger partial charge in [0.2, 0.25) is 0 Å². The fourth-order valence-electron chi connectivity index (χ4n) is 1.96. The fourth-order valence-corrected chi connectivity index (χ4v) is 3.04. The maximum atomic E-state index is 11.6. The van der Waals surface area contributed by atoms with E-state index in [-0.39, 0.29) is 5.91 Å². The molecule has 0 aliphatic carbocycles. The number of nitrogens with two attached hydrogens (primary N) is 2. The van der Waals surface area contributed by atoms with Gasteiger partial charge in [-0.3, -0.25) is 4.79 Å². The second-order valence-corrected chi connectivity index (χ2v) is 5.30. The Labute approximate surface area is 105 Å². The normalized spacial score (nSPS) is 17.2. The number of hydrogen-bond donors (Lipinski definition) is 3. The lowest BCUT2D eigenvalue weighted by Crippen LogP contribution is -2.39. The SMILES string of the molecule is CNC(=O)c1sc(N2CCC(N)CC2)cc1N. The Hall–Kier alpha value is -1.27. The minimum atomic E-state index is -0.118. The van der Waals surface area contributed by atoms with Crippen LogP contribution in [0.1, 0.15) is 22.5 Å². The number of nitrogens with one attached hydrogen (secondary N) is 1. The summed E-state index contributed by atoms with van der Waals surface area (Å²) < 4.78 is 0. The van der Waals surface area contributed by atoms with Gasteiger partial charge in [-0.05, 0) is 18.9 Å². The van der Waals surface area contributed by atoms with Crippen LogP contribution in [0.5, 0.6) is 0 Å². The van der Waals surface area contributed by atoms with Crippen LogP contribution >= 0.6 is 11.3 Å². The number of nitrogens with zero attached hydrogens (tertiary/aromatic N) is 1. The summed E-state index contributed by atoms with van der Waals surface area (Å²) in [5, 5.41) is 3.66. The number of rotatable bonds is 2. The second-order valence-electron chi connectivity index (χ2n) is 4.27. The highest BCUT2D eigenvalue weighted by Gasteiger charge is 2.20. The van der Waals surface area contributed by atoms with Crippen molar-refractivity contribution < 1.29 is 4.79 Å². The molecule has 1 aliphatic rings. The molecule has 1 amide bonds. The van der Waals surface area contributed by atoms with Crippen LogP contribution < -0.4 is 21.7 Å². The molecule has 0 radical (unpaired) electrons. The van der Waals surface area contributed by atoms with E-state index in [0.717, 1.165) is 30.9 Å². The highest BCUT2D eigenvalue weighted by atomic mass is 32.1. The van der Waals surface area contributed by atoms with Gasteiger partial charge in [0.15, 0.2) is 0 Å². The van der Waals surface area contributed by atoms with Crippen LogP contribution in [0.4, 0.5) is 10.7 Å². The van der Waals surface area contributed by atoms with Crippen LogP contribution in [0, 0.1) is 0 Å². The van der Waals surface area contributed by atoms with Crippen molar-refractivity contribution in [3.05, 3.63) is 10.9 Å². The first-order valence-electron chi connectivity index (χ1n) is 5.73. The summed E-state index contributed by atoms with van der Waals surface area (Å²) in [6.45, 7) is 1.88. The molecule has 0 aromatic carbocycles. The minimum Gasteiger partial charge on any atom is -0.397 e. The number of piperidine rings is 1. The van der Waals surface area contributed by atoms with Crippen molar-refractivity contribution in [3.8, 4) is 0 Å². The first kappa shape index (κ1) is 12.2. The maximum absolute atomic E-state index is 11.6. The molecule has 6 heteroatoms. The van der Waals surface area contributed by atoms with E-state index in [2.05, 4.69) is 10.2 Å². The lowest BCUT2D eigenvalue weighted by atomic mass is 10.1. The van der Waals surface area contributed by atoms with Crippen molar-refractivity contribution in [2.24, 2.45) is 5.73 Å². The van der Waals surface area contributed by atoms with E-state index in [0.29, 0.717) is 16.6 Å². The largest absolute Gasteiger partial charge is 0.397 e. The van der Waals surface area contributed by atoms with Crippen LogP contribution in [0.3, 0.4) is 0 Å². The Balaban J connectivity index is 2.14. The molecule has 1 aromatic rings. The zero-order valence-corrected chi connectivity index (χ0v) is 10.7. The van der Waals surface area contributed by atoms with Crippen molar-refractivity contribution >= 4 is 27.9 Å². The van der Waals surface area contributed by atoms with Crippen molar-refractivity contribution in [3.63, 3.8) is 0 Å². The Morgan fingerprint density at radius 3 is 2.76 bits per heavy atom. The molecule has 0 saturated carbocycles. The van der Waals surface area contributed by atoms with E-state index in [1.807, 2.05) is 6.07 Å². The zero-order valence-electron chi connectivity index (χ0n) is 9.90. The van der Waals surface area contributed by atoms with E-state index in [9.17, 15) is 4.79 Å². The molecule has 1 aliphatic heterocycles. The summed E-state index contributed by atoms with van der Waals surface area (Å²) in [7, 11) is 1.61. The molecule has 5 N–H and O–H groups in total. The number of anilines is 2. The summed E-state index contributed by atoms with van der Waals surface area (Å²) in [6.07, 6.45) is 1.99. The Morgan fingerprint density at radius 2 is 2.18 bits per heavy atom. The van der Waals surface area contributed by atoms with E-state index < -0.39 is 0 Å². The van der Waals surface area contributed by atoms with Gasteiger partial charge in [0.1, 0.15) is 4.88 Å². The Kier molecular flexibility index (Phi) is 3.54. The monoisotopic (exact) mass is 254 g/mol. The average Bonchev–Trinajstić information content (AvgIpc) is 2.71. The molecule has 0 unspecified atom stereocenters. The first-order chi connectivity index (χ1) is 8.11. The van der Waals surface area contributed by atoms with Crippen molar-refractivity contribution in [2.75, 3.05) is 30.8 Å². The number of carbonyl (C=O) groups is 1. The standard InChI is InChI=1S/C11H18N4OS/c1-14-11(16)10-8(13)6-9(17-10)15-4-2-7(12)3-5-15/h6-7H,2-5,12-13H2,1H3,(H,14,16). The van der Waals surface area contributed by atoms with Gasteiger partial charge in [0, 0.05) is 26.2 Å². The molecule has 1 saturated heterocycles. The van der Waals surface area contributed by atoms with Gasteiger partial charge in [-0.2, -0.15) is 0 Å². The summed E-state index contributed by atoms with van der Waals surface area (Å²) in [6, 6.07) is 2.19. The first-order valence-corrected chi connectivity index (χ1v) is 6.55. The molecule has 94 valence electrons. The van der Waals surface area contributed by atoms with Crippen LogP contribution in [-0.4, -0.2) is 32.1 Å². The molecular formula is C11H18N4OS. The smallest absolute Gasteiger partial charge is 0.263 e. The maximum Gasteiger partial charge on any atom is 0.263 e. The molecular weight excluding hydrogens is 236 g/mol. The third-order valence-electron chi connectivity index (χ3n) is 3.03. The second kappa shape index (κ2) is 4.93. The highest BCUT2D eigenvalue weighted by molar-refractivity contribution is 7.18. The number of amides is 1. The average molecular weight is 254 g/mol. The molecule has 5 nitrogen and oxygen atoms in total. The van der Waals surface area contributed by atoms with Crippen LogP contribution in [0.15, 0.2) is 6.07 Å². The Morgan fingerprint density at radius 1 is 1.53 bits per heavy atom. The summed E-state index contributed by atoms with van der Waals surface area (Å²) in [4.78, 5) is 14.4. The summed E-state index contributed by atoms with van der Waals surface area (Å²) in [5.74, 6) is -0.118. The van der Waals surface area contributed by atoms with Crippen molar-refractivity contribution in [2.45, 2.75) is 18.9 Å². The number of thiophene rings is 1. The lowest BCUT2D eigenvalue weighted by molar-refractivity contribution is 0.0968. The van der Waals surface area contributed by atoms with E-state index >= 15 is 0 Å². The summed E-state index contributed by atoms with van der Waals surface area (Å²) >= 11 is 1.45. The van der Waals surface area contributed by atoms with E-state index in [1.54, 1.807) is 7.05 Å². The quantitative estimate of drug-likeness (QED) is 0.722. The van der Waals surface area contributed by atoms with Gasteiger partial charge < -0.3 is 21.7 Å². The van der Waals surface area contributed by atoms with Gasteiger partial charge in [-0.25, -0.2) is 0 Å². The number of carbonyl (C=O) groups excluding carboxylic acids is 1. The molecule has 0 spiro atoms. The fraction of sp³-hybridized carbons (Fsp3) is 0.545. The van der Waals surface area contributed by atoms with Gasteiger partial charge in [0.05, 0.1) is 10.7 Å². The van der Waals surface area contributed by atoms with Crippen molar-refractivity contribution in [1.29, 1.82) is 0 Å². The molecule has 2 heterocycles.